The Balaban J connectivity index is 1.67. The maximum atomic E-state index is 4.66. The first kappa shape index (κ1) is 19.0. The van der Waals surface area contributed by atoms with E-state index in [4.69, 9.17) is 0 Å². The van der Waals surface area contributed by atoms with Crippen molar-refractivity contribution in [2.45, 2.75) is 6.92 Å². The smallest absolute Gasteiger partial charge is 0.244 e. The number of nitrogens with zero attached hydrogens (tertiary/aromatic N) is 3. The molecule has 29 heavy (non-hydrogen) atoms. The van der Waals surface area contributed by atoms with E-state index < -0.39 is 0 Å². The third-order valence-corrected chi connectivity index (χ3v) is 4.92. The van der Waals surface area contributed by atoms with E-state index in [0.29, 0.717) is 5.95 Å². The van der Waals surface area contributed by atoms with Crippen LogP contribution in [0.4, 0.5) is 5.95 Å². The first-order valence-electron chi connectivity index (χ1n) is 9.23. The molecular formula is C24H19BrN4. The zero-order valence-corrected chi connectivity index (χ0v) is 17.5. The molecule has 0 bridgehead atoms. The van der Waals surface area contributed by atoms with Crippen molar-refractivity contribution in [2.24, 2.45) is 5.10 Å². The average molecular weight is 443 g/mol. The van der Waals surface area contributed by atoms with Crippen molar-refractivity contribution >= 4 is 28.1 Å². The highest BCUT2D eigenvalue weighted by Gasteiger charge is 2.08. The van der Waals surface area contributed by atoms with Crippen LogP contribution in [0.5, 0.6) is 0 Å². The van der Waals surface area contributed by atoms with Gasteiger partial charge in [-0.25, -0.2) is 15.4 Å². The summed E-state index contributed by atoms with van der Waals surface area (Å²) < 4.78 is 1.03. The van der Waals surface area contributed by atoms with Gasteiger partial charge >= 0.3 is 0 Å². The molecule has 0 aliphatic rings. The highest BCUT2D eigenvalue weighted by molar-refractivity contribution is 9.10. The van der Waals surface area contributed by atoms with Crippen LogP contribution in [0.15, 0.2) is 94.5 Å². The van der Waals surface area contributed by atoms with Crippen LogP contribution in [0.1, 0.15) is 11.1 Å². The van der Waals surface area contributed by atoms with Gasteiger partial charge in [0.25, 0.3) is 0 Å². The van der Waals surface area contributed by atoms with Crippen LogP contribution in [-0.4, -0.2) is 16.2 Å². The summed E-state index contributed by atoms with van der Waals surface area (Å²) in [6, 6.07) is 28.3. The quantitative estimate of drug-likeness (QED) is 0.290. The fraction of sp³-hybridized carbons (Fsp3) is 0.0417. The Morgan fingerprint density at radius 1 is 0.793 bits per heavy atom. The molecule has 1 N–H and O–H groups in total. The summed E-state index contributed by atoms with van der Waals surface area (Å²) in [6.07, 6.45) is 1.75. The monoisotopic (exact) mass is 442 g/mol. The van der Waals surface area contributed by atoms with Crippen molar-refractivity contribution < 1.29 is 0 Å². The first-order valence-corrected chi connectivity index (χ1v) is 10.0. The zero-order valence-electron chi connectivity index (χ0n) is 15.9. The van der Waals surface area contributed by atoms with Gasteiger partial charge in [-0.2, -0.15) is 5.10 Å². The summed E-state index contributed by atoms with van der Waals surface area (Å²) in [7, 11) is 0. The molecular weight excluding hydrogens is 424 g/mol. The van der Waals surface area contributed by atoms with Crippen LogP contribution in [0.3, 0.4) is 0 Å². The highest BCUT2D eigenvalue weighted by Crippen LogP contribution is 2.25. The van der Waals surface area contributed by atoms with Crippen LogP contribution in [0.25, 0.3) is 22.5 Å². The van der Waals surface area contributed by atoms with Crippen molar-refractivity contribution in [1.82, 2.24) is 9.97 Å². The second-order valence-corrected chi connectivity index (χ2v) is 7.53. The van der Waals surface area contributed by atoms with Gasteiger partial charge in [0.05, 0.1) is 17.6 Å². The molecule has 0 unspecified atom stereocenters. The lowest BCUT2D eigenvalue weighted by atomic mass is 10.1. The van der Waals surface area contributed by atoms with Gasteiger partial charge in [0.1, 0.15) is 0 Å². The van der Waals surface area contributed by atoms with E-state index in [2.05, 4.69) is 67.6 Å². The van der Waals surface area contributed by atoms with Gasteiger partial charge in [0, 0.05) is 15.6 Å². The number of rotatable bonds is 5. The topological polar surface area (TPSA) is 50.2 Å². The van der Waals surface area contributed by atoms with Crippen molar-refractivity contribution in [3.05, 3.63) is 101 Å². The highest BCUT2D eigenvalue weighted by atomic mass is 79.9. The van der Waals surface area contributed by atoms with E-state index in [1.165, 1.54) is 5.56 Å². The standard InChI is InChI=1S/C24H19BrN4/c1-17-7-11-20(12-8-17)23-15-22(19-5-3-2-4-6-19)27-24(28-23)29-26-16-18-9-13-21(25)14-10-18/h2-16H,1H3,(H,27,28,29). The number of benzene rings is 3. The summed E-state index contributed by atoms with van der Waals surface area (Å²) in [5, 5.41) is 4.31. The molecule has 0 saturated carbocycles. The molecule has 0 aliphatic heterocycles. The molecule has 0 saturated heterocycles. The van der Waals surface area contributed by atoms with Gasteiger partial charge in [-0.3, -0.25) is 0 Å². The third-order valence-electron chi connectivity index (χ3n) is 4.39. The average Bonchev–Trinajstić information content (AvgIpc) is 2.76. The molecule has 0 aliphatic carbocycles. The molecule has 0 spiro atoms. The molecule has 3 aromatic carbocycles. The molecule has 1 aromatic heterocycles. The maximum absolute atomic E-state index is 4.66. The van der Waals surface area contributed by atoms with Crippen LogP contribution < -0.4 is 5.43 Å². The first-order chi connectivity index (χ1) is 14.2. The Bertz CT molecular complexity index is 1120. The van der Waals surface area contributed by atoms with E-state index in [9.17, 15) is 0 Å². The molecule has 4 aromatic rings. The lowest BCUT2D eigenvalue weighted by molar-refractivity contribution is 1.13. The summed E-state index contributed by atoms with van der Waals surface area (Å²) in [4.78, 5) is 9.31. The Hall–Kier alpha value is -3.31. The molecule has 0 fully saturated rings. The molecule has 5 heteroatoms. The zero-order chi connectivity index (χ0) is 20.1. The minimum Gasteiger partial charge on any atom is -0.245 e. The van der Waals surface area contributed by atoms with Gasteiger partial charge in [-0.15, -0.1) is 0 Å². The van der Waals surface area contributed by atoms with Crippen LogP contribution >= 0.6 is 15.9 Å². The molecule has 4 nitrogen and oxygen atoms in total. The minimum absolute atomic E-state index is 0.454. The number of hydrazone groups is 1. The van der Waals surface area contributed by atoms with Crippen molar-refractivity contribution in [3.63, 3.8) is 0 Å². The van der Waals surface area contributed by atoms with E-state index in [0.717, 1.165) is 32.6 Å². The Labute approximate surface area is 178 Å². The van der Waals surface area contributed by atoms with E-state index in [1.54, 1.807) is 6.21 Å². The summed E-state index contributed by atoms with van der Waals surface area (Å²) in [6.45, 7) is 2.07. The summed E-state index contributed by atoms with van der Waals surface area (Å²) in [5.74, 6) is 0.454. The largest absolute Gasteiger partial charge is 0.245 e. The summed E-state index contributed by atoms with van der Waals surface area (Å²) in [5.41, 5.74) is 8.93. The van der Waals surface area contributed by atoms with E-state index in [-0.39, 0.29) is 0 Å². The maximum Gasteiger partial charge on any atom is 0.244 e. The molecule has 0 amide bonds. The van der Waals surface area contributed by atoms with Crippen molar-refractivity contribution in [3.8, 4) is 22.5 Å². The number of hydrogen-bond acceptors (Lipinski definition) is 4. The fourth-order valence-corrected chi connectivity index (χ4v) is 3.10. The van der Waals surface area contributed by atoms with E-state index >= 15 is 0 Å². The lowest BCUT2D eigenvalue weighted by Gasteiger charge is -2.08. The van der Waals surface area contributed by atoms with Crippen LogP contribution in [-0.2, 0) is 0 Å². The van der Waals surface area contributed by atoms with Gasteiger partial charge < -0.3 is 0 Å². The Kier molecular flexibility index (Phi) is 5.77. The number of aryl methyl sites for hydroxylation is 1. The number of halogens is 1. The predicted molar refractivity (Wildman–Crippen MR) is 123 cm³/mol. The number of hydrogen-bond donors (Lipinski definition) is 1. The molecule has 1 heterocycles. The van der Waals surface area contributed by atoms with Crippen molar-refractivity contribution in [1.29, 1.82) is 0 Å². The molecule has 142 valence electrons. The van der Waals surface area contributed by atoms with Gasteiger partial charge in [-0.05, 0) is 30.7 Å². The molecule has 0 atom stereocenters. The second-order valence-electron chi connectivity index (χ2n) is 6.62. The fourth-order valence-electron chi connectivity index (χ4n) is 2.84. The number of anilines is 1. The predicted octanol–water partition coefficient (Wildman–Crippen LogP) is 6.33. The number of aromatic nitrogens is 2. The molecule has 0 radical (unpaired) electrons. The SMILES string of the molecule is Cc1ccc(-c2cc(-c3ccccc3)nc(NN=Cc3ccc(Br)cc3)n2)cc1. The van der Waals surface area contributed by atoms with Crippen LogP contribution in [0, 0.1) is 6.92 Å². The third kappa shape index (κ3) is 4.95. The van der Waals surface area contributed by atoms with Crippen molar-refractivity contribution in [2.75, 3.05) is 5.43 Å². The van der Waals surface area contributed by atoms with Gasteiger partial charge in [0.15, 0.2) is 0 Å². The summed E-state index contributed by atoms with van der Waals surface area (Å²) >= 11 is 3.43. The Morgan fingerprint density at radius 2 is 1.41 bits per heavy atom. The van der Waals surface area contributed by atoms with Gasteiger partial charge in [0.2, 0.25) is 5.95 Å². The van der Waals surface area contributed by atoms with E-state index in [1.807, 2.05) is 60.7 Å². The minimum atomic E-state index is 0.454. The number of nitrogens with one attached hydrogen (secondary N) is 1. The Morgan fingerprint density at radius 3 is 2.07 bits per heavy atom. The lowest BCUT2D eigenvalue weighted by Crippen LogP contribution is -2.00. The van der Waals surface area contributed by atoms with Gasteiger partial charge in [-0.1, -0.05) is 88.2 Å². The normalized spacial score (nSPS) is 11.0. The van der Waals surface area contributed by atoms with Crippen LogP contribution in [0.2, 0.25) is 0 Å². The second kappa shape index (κ2) is 8.80. The molecule has 4 rings (SSSR count).